The Morgan fingerprint density at radius 1 is 1.38 bits per heavy atom. The molecule has 2 rings (SSSR count). The molecule has 1 saturated heterocycles. The maximum atomic E-state index is 13.7. The maximum absolute atomic E-state index is 13.7. The molecule has 0 aliphatic carbocycles. The van der Waals surface area contributed by atoms with Gasteiger partial charge in [0.25, 0.3) is 0 Å². The number of nitrogens with zero attached hydrogens (tertiary/aromatic N) is 4. The van der Waals surface area contributed by atoms with E-state index in [4.69, 9.17) is 5.26 Å². The van der Waals surface area contributed by atoms with E-state index in [1.807, 2.05) is 11.0 Å². The number of anilines is 1. The van der Waals surface area contributed by atoms with Crippen LogP contribution < -0.4 is 4.90 Å². The molecule has 0 N–H and O–H groups in total. The summed E-state index contributed by atoms with van der Waals surface area (Å²) in [6, 6.07) is 6.42. The van der Waals surface area contributed by atoms with Crippen molar-refractivity contribution in [2.24, 2.45) is 0 Å². The van der Waals surface area contributed by atoms with Crippen molar-refractivity contribution in [3.8, 4) is 6.07 Å². The van der Waals surface area contributed by atoms with E-state index in [0.717, 1.165) is 0 Å². The van der Waals surface area contributed by atoms with E-state index in [-0.39, 0.29) is 23.9 Å². The van der Waals surface area contributed by atoms with Crippen LogP contribution in [-0.2, 0) is 9.59 Å². The number of carbonyl (C=O) groups excluding carboxylic acids is 2. The molecule has 0 spiro atoms. The molecular weight excluding hydrogens is 311 g/mol. The predicted octanol–water partition coefficient (Wildman–Crippen LogP) is 0.990. The first-order chi connectivity index (χ1) is 11.5. The van der Waals surface area contributed by atoms with Crippen LogP contribution in [0.5, 0.6) is 0 Å². The molecule has 1 aromatic rings. The summed E-state index contributed by atoms with van der Waals surface area (Å²) in [5.41, 5.74) is 0.567. The van der Waals surface area contributed by atoms with Gasteiger partial charge in [-0.2, -0.15) is 5.26 Å². The van der Waals surface area contributed by atoms with Crippen molar-refractivity contribution in [3.05, 3.63) is 42.2 Å². The Bertz CT molecular complexity index is 690. The van der Waals surface area contributed by atoms with Crippen LogP contribution in [0, 0.1) is 17.1 Å². The van der Waals surface area contributed by atoms with Crippen molar-refractivity contribution in [1.82, 2.24) is 9.80 Å². The summed E-state index contributed by atoms with van der Waals surface area (Å²) in [6.07, 6.45) is 1.17. The summed E-state index contributed by atoms with van der Waals surface area (Å²) in [5, 5.41) is 9.12. The molecule has 0 aromatic heterocycles. The van der Waals surface area contributed by atoms with Crippen molar-refractivity contribution in [2.75, 3.05) is 44.7 Å². The highest BCUT2D eigenvalue weighted by Gasteiger charge is 2.24. The lowest BCUT2D eigenvalue weighted by Gasteiger charge is -2.37. The molecule has 24 heavy (non-hydrogen) atoms. The second-order valence-corrected chi connectivity index (χ2v) is 5.51. The number of hydrogen-bond donors (Lipinski definition) is 0. The lowest BCUT2D eigenvalue weighted by molar-refractivity contribution is -0.137. The molecule has 7 heteroatoms. The highest BCUT2D eigenvalue weighted by atomic mass is 19.1. The van der Waals surface area contributed by atoms with E-state index in [0.29, 0.717) is 31.9 Å². The maximum Gasteiger partial charge on any atom is 0.246 e. The zero-order valence-corrected chi connectivity index (χ0v) is 13.5. The van der Waals surface area contributed by atoms with Crippen molar-refractivity contribution < 1.29 is 14.0 Å². The molecule has 0 unspecified atom stereocenters. The van der Waals surface area contributed by atoms with Gasteiger partial charge in [-0.1, -0.05) is 12.6 Å². The number of carbonyl (C=O) groups is 2. The molecule has 126 valence electrons. The van der Waals surface area contributed by atoms with E-state index >= 15 is 0 Å². The highest BCUT2D eigenvalue weighted by molar-refractivity contribution is 5.90. The summed E-state index contributed by atoms with van der Waals surface area (Å²) >= 11 is 0. The summed E-state index contributed by atoms with van der Waals surface area (Å²) in [4.78, 5) is 28.5. The fourth-order valence-electron chi connectivity index (χ4n) is 2.62. The van der Waals surface area contributed by atoms with Crippen LogP contribution in [0.3, 0.4) is 0 Å². The zero-order chi connectivity index (χ0) is 17.7. The summed E-state index contributed by atoms with van der Waals surface area (Å²) in [6.45, 7) is 5.30. The van der Waals surface area contributed by atoms with Crippen LogP contribution in [0.25, 0.3) is 0 Å². The smallest absolute Gasteiger partial charge is 0.246 e. The Morgan fingerprint density at radius 3 is 2.62 bits per heavy atom. The third-order valence-corrected chi connectivity index (χ3v) is 4.00. The number of nitriles is 1. The second kappa shape index (κ2) is 7.59. The number of benzene rings is 1. The lowest BCUT2D eigenvalue weighted by Crippen LogP contribution is -2.51. The van der Waals surface area contributed by atoms with Gasteiger partial charge in [0.1, 0.15) is 17.4 Å². The molecular formula is C17H19FN4O2. The first-order valence-electron chi connectivity index (χ1n) is 7.56. The molecule has 1 aliphatic rings. The van der Waals surface area contributed by atoms with Crippen LogP contribution in [-0.4, -0.2) is 61.4 Å². The molecule has 6 nitrogen and oxygen atoms in total. The largest absolute Gasteiger partial charge is 0.367 e. The highest BCUT2D eigenvalue weighted by Crippen LogP contribution is 2.23. The van der Waals surface area contributed by atoms with Gasteiger partial charge in [0.15, 0.2) is 0 Å². The number of amides is 2. The van der Waals surface area contributed by atoms with Gasteiger partial charge >= 0.3 is 0 Å². The minimum Gasteiger partial charge on any atom is -0.367 e. The molecule has 2 amide bonds. The minimum atomic E-state index is -0.543. The van der Waals surface area contributed by atoms with Gasteiger partial charge < -0.3 is 14.7 Å². The van der Waals surface area contributed by atoms with Crippen molar-refractivity contribution in [2.45, 2.75) is 0 Å². The molecule has 1 fully saturated rings. The van der Waals surface area contributed by atoms with E-state index in [2.05, 4.69) is 6.58 Å². The van der Waals surface area contributed by atoms with E-state index in [1.165, 1.54) is 17.0 Å². The Kier molecular flexibility index (Phi) is 5.53. The quantitative estimate of drug-likeness (QED) is 0.772. The first-order valence-corrected chi connectivity index (χ1v) is 7.56. The SMILES string of the molecule is C=CC(=O)N(C)CC(=O)N1CCN(c2cccc(F)c2C#N)CC1. The third-order valence-electron chi connectivity index (χ3n) is 4.00. The third kappa shape index (κ3) is 3.71. The van der Waals surface area contributed by atoms with Gasteiger partial charge in [0.2, 0.25) is 11.8 Å². The number of likely N-dealkylation sites (N-methyl/N-ethyl adjacent to an activating group) is 1. The van der Waals surface area contributed by atoms with E-state index in [1.54, 1.807) is 24.1 Å². The lowest BCUT2D eigenvalue weighted by atomic mass is 10.1. The predicted molar refractivity (Wildman–Crippen MR) is 87.7 cm³/mol. The first kappa shape index (κ1) is 17.5. The molecule has 0 atom stereocenters. The molecule has 1 heterocycles. The van der Waals surface area contributed by atoms with Gasteiger partial charge in [-0.15, -0.1) is 0 Å². The van der Waals surface area contributed by atoms with Crippen LogP contribution in [0.2, 0.25) is 0 Å². The van der Waals surface area contributed by atoms with Gasteiger partial charge in [-0.25, -0.2) is 4.39 Å². The molecule has 0 saturated carbocycles. The Labute approximate surface area is 140 Å². The molecule has 0 radical (unpaired) electrons. The fraction of sp³-hybridized carbons (Fsp3) is 0.353. The topological polar surface area (TPSA) is 67.7 Å². The normalized spacial score (nSPS) is 14.0. The molecule has 1 aromatic carbocycles. The number of hydrogen-bond acceptors (Lipinski definition) is 4. The Hall–Kier alpha value is -2.88. The molecule has 0 bridgehead atoms. The summed E-state index contributed by atoms with van der Waals surface area (Å²) in [7, 11) is 1.55. The Morgan fingerprint density at radius 2 is 2.04 bits per heavy atom. The average Bonchev–Trinajstić information content (AvgIpc) is 2.60. The number of halogens is 1. The van der Waals surface area contributed by atoms with Crippen molar-refractivity contribution >= 4 is 17.5 Å². The van der Waals surface area contributed by atoms with E-state index < -0.39 is 5.82 Å². The average molecular weight is 330 g/mol. The van der Waals surface area contributed by atoms with Crippen molar-refractivity contribution in [1.29, 1.82) is 5.26 Å². The van der Waals surface area contributed by atoms with Crippen LogP contribution in [0.15, 0.2) is 30.9 Å². The second-order valence-electron chi connectivity index (χ2n) is 5.51. The van der Waals surface area contributed by atoms with Crippen LogP contribution >= 0.6 is 0 Å². The standard InChI is InChI=1S/C17H19FN4O2/c1-3-16(23)20(2)12-17(24)22-9-7-21(8-10-22)15-6-4-5-14(18)13(15)11-19/h3-6H,1,7-10,12H2,2H3. The number of rotatable bonds is 4. The summed E-state index contributed by atoms with van der Waals surface area (Å²) in [5.74, 6) is -0.995. The fourth-order valence-corrected chi connectivity index (χ4v) is 2.62. The summed E-state index contributed by atoms with van der Waals surface area (Å²) < 4.78 is 13.7. The Balaban J connectivity index is 1.98. The van der Waals surface area contributed by atoms with Gasteiger partial charge in [0, 0.05) is 33.2 Å². The van der Waals surface area contributed by atoms with Gasteiger partial charge in [0.05, 0.1) is 12.2 Å². The van der Waals surface area contributed by atoms with E-state index in [9.17, 15) is 14.0 Å². The molecule has 1 aliphatic heterocycles. The zero-order valence-electron chi connectivity index (χ0n) is 13.5. The van der Waals surface area contributed by atoms with Gasteiger partial charge in [-0.3, -0.25) is 9.59 Å². The van der Waals surface area contributed by atoms with Gasteiger partial charge in [-0.05, 0) is 18.2 Å². The number of piperazine rings is 1. The van der Waals surface area contributed by atoms with Crippen LogP contribution in [0.4, 0.5) is 10.1 Å². The van der Waals surface area contributed by atoms with Crippen LogP contribution in [0.1, 0.15) is 5.56 Å². The van der Waals surface area contributed by atoms with Crippen molar-refractivity contribution in [3.63, 3.8) is 0 Å². The minimum absolute atomic E-state index is 0.00569. The monoisotopic (exact) mass is 330 g/mol.